The van der Waals surface area contributed by atoms with Gasteiger partial charge in [-0.2, -0.15) is 0 Å². The van der Waals surface area contributed by atoms with Crippen molar-refractivity contribution in [1.82, 2.24) is 4.72 Å². The van der Waals surface area contributed by atoms with Crippen LogP contribution in [0.15, 0.2) is 59.5 Å². The average Bonchev–Trinajstić information content (AvgIpc) is 2.59. The molecular weight excluding hydrogens is 366 g/mol. The molecule has 0 bridgehead atoms. The standard InChI is InChI=1S/C20H23NO5S/c1-14(2)12-16-8-10-17(11-9-16)27(25,26)21-19(22)18(20(23)24)13-15-6-4-3-5-7-15/h3-11,14,18H,12-13H2,1-2H3,(H,21,22)(H,23,24). The summed E-state index contributed by atoms with van der Waals surface area (Å²) < 4.78 is 26.7. The molecule has 2 rings (SSSR count). The van der Waals surface area contributed by atoms with Gasteiger partial charge in [0, 0.05) is 0 Å². The topological polar surface area (TPSA) is 101 Å². The quantitative estimate of drug-likeness (QED) is 0.676. The van der Waals surface area contributed by atoms with E-state index in [-0.39, 0.29) is 11.3 Å². The Labute approximate surface area is 159 Å². The minimum Gasteiger partial charge on any atom is -0.481 e. The molecule has 0 radical (unpaired) electrons. The first-order valence-electron chi connectivity index (χ1n) is 8.61. The molecule has 0 aliphatic rings. The Morgan fingerprint density at radius 1 is 0.926 bits per heavy atom. The third kappa shape index (κ3) is 5.92. The molecule has 7 heteroatoms. The summed E-state index contributed by atoms with van der Waals surface area (Å²) in [6.45, 7) is 4.12. The van der Waals surface area contributed by atoms with Crippen LogP contribution in [-0.4, -0.2) is 25.4 Å². The average molecular weight is 389 g/mol. The number of hydrogen-bond acceptors (Lipinski definition) is 4. The van der Waals surface area contributed by atoms with Gasteiger partial charge in [-0.25, -0.2) is 13.1 Å². The Morgan fingerprint density at radius 3 is 2.00 bits per heavy atom. The first kappa shape index (κ1) is 20.6. The number of carbonyl (C=O) groups is 2. The second-order valence-corrected chi connectivity index (χ2v) is 8.47. The SMILES string of the molecule is CC(C)Cc1ccc(S(=O)(=O)NC(=O)C(Cc2ccccc2)C(=O)O)cc1. The molecule has 2 aromatic rings. The minimum atomic E-state index is -4.14. The summed E-state index contributed by atoms with van der Waals surface area (Å²) in [6, 6.07) is 14.8. The summed E-state index contributed by atoms with van der Waals surface area (Å²) in [5, 5.41) is 9.34. The largest absolute Gasteiger partial charge is 0.481 e. The Balaban J connectivity index is 2.14. The van der Waals surface area contributed by atoms with Crippen LogP contribution in [0.5, 0.6) is 0 Å². The van der Waals surface area contributed by atoms with Crippen LogP contribution in [0.3, 0.4) is 0 Å². The fourth-order valence-corrected chi connectivity index (χ4v) is 3.70. The second-order valence-electron chi connectivity index (χ2n) is 6.79. The highest BCUT2D eigenvalue weighted by molar-refractivity contribution is 7.90. The van der Waals surface area contributed by atoms with E-state index in [1.54, 1.807) is 42.5 Å². The first-order valence-corrected chi connectivity index (χ1v) is 10.1. The van der Waals surface area contributed by atoms with E-state index in [4.69, 9.17) is 0 Å². The molecule has 0 aromatic heterocycles. The van der Waals surface area contributed by atoms with Gasteiger partial charge in [0.1, 0.15) is 5.92 Å². The molecule has 1 unspecified atom stereocenters. The molecule has 0 spiro atoms. The van der Waals surface area contributed by atoms with E-state index in [1.165, 1.54) is 12.1 Å². The van der Waals surface area contributed by atoms with Crippen molar-refractivity contribution in [2.45, 2.75) is 31.6 Å². The maximum Gasteiger partial charge on any atom is 0.316 e. The highest BCUT2D eigenvalue weighted by Crippen LogP contribution is 2.15. The number of rotatable bonds is 8. The van der Waals surface area contributed by atoms with Crippen molar-refractivity contribution in [3.63, 3.8) is 0 Å². The number of carbonyl (C=O) groups excluding carboxylic acids is 1. The molecule has 0 fully saturated rings. The van der Waals surface area contributed by atoms with Gasteiger partial charge in [0.05, 0.1) is 4.90 Å². The normalized spacial score (nSPS) is 12.6. The number of carboxylic acids is 1. The lowest BCUT2D eigenvalue weighted by Crippen LogP contribution is -2.40. The lowest BCUT2D eigenvalue weighted by Gasteiger charge is -2.14. The number of sulfonamides is 1. The molecule has 0 saturated heterocycles. The van der Waals surface area contributed by atoms with E-state index in [1.807, 2.05) is 4.72 Å². The van der Waals surface area contributed by atoms with Gasteiger partial charge in [-0.3, -0.25) is 9.59 Å². The smallest absolute Gasteiger partial charge is 0.316 e. The van der Waals surface area contributed by atoms with E-state index in [0.717, 1.165) is 12.0 Å². The molecule has 1 atom stereocenters. The Kier molecular flexibility index (Phi) is 6.74. The van der Waals surface area contributed by atoms with Gasteiger partial charge in [-0.1, -0.05) is 56.3 Å². The summed E-state index contributed by atoms with van der Waals surface area (Å²) in [4.78, 5) is 23.7. The molecule has 0 aliphatic heterocycles. The van der Waals surface area contributed by atoms with E-state index in [0.29, 0.717) is 11.5 Å². The van der Waals surface area contributed by atoms with Gasteiger partial charge in [0.2, 0.25) is 5.91 Å². The maximum atomic E-state index is 12.4. The van der Waals surface area contributed by atoms with Crippen LogP contribution < -0.4 is 4.72 Å². The third-order valence-corrected chi connectivity index (χ3v) is 5.37. The van der Waals surface area contributed by atoms with Gasteiger partial charge < -0.3 is 5.11 Å². The number of nitrogens with one attached hydrogen (secondary N) is 1. The van der Waals surface area contributed by atoms with Crippen LogP contribution >= 0.6 is 0 Å². The summed E-state index contributed by atoms with van der Waals surface area (Å²) >= 11 is 0. The van der Waals surface area contributed by atoms with E-state index < -0.39 is 27.8 Å². The van der Waals surface area contributed by atoms with Crippen molar-refractivity contribution >= 4 is 21.9 Å². The van der Waals surface area contributed by atoms with Crippen LogP contribution in [0, 0.1) is 11.8 Å². The third-order valence-electron chi connectivity index (χ3n) is 4.01. The molecule has 2 N–H and O–H groups in total. The molecular formula is C20H23NO5S. The Bertz CT molecular complexity index is 890. The highest BCUT2D eigenvalue weighted by atomic mass is 32.2. The zero-order valence-corrected chi connectivity index (χ0v) is 16.1. The van der Waals surface area contributed by atoms with Gasteiger partial charge >= 0.3 is 5.97 Å². The van der Waals surface area contributed by atoms with Crippen molar-refractivity contribution in [1.29, 1.82) is 0 Å². The lowest BCUT2D eigenvalue weighted by molar-refractivity contribution is -0.146. The highest BCUT2D eigenvalue weighted by Gasteiger charge is 2.30. The van der Waals surface area contributed by atoms with Crippen molar-refractivity contribution in [3.05, 3.63) is 65.7 Å². The van der Waals surface area contributed by atoms with Crippen LogP contribution in [0.2, 0.25) is 0 Å². The monoisotopic (exact) mass is 389 g/mol. The number of hydrogen-bond donors (Lipinski definition) is 2. The minimum absolute atomic E-state index is 0.0767. The molecule has 0 heterocycles. The summed E-state index contributed by atoms with van der Waals surface area (Å²) in [5.74, 6) is -3.50. The van der Waals surface area contributed by atoms with Gasteiger partial charge in [-0.05, 0) is 42.0 Å². The molecule has 6 nitrogen and oxygen atoms in total. The van der Waals surface area contributed by atoms with Crippen LogP contribution in [0.1, 0.15) is 25.0 Å². The van der Waals surface area contributed by atoms with Crippen molar-refractivity contribution in [2.75, 3.05) is 0 Å². The van der Waals surface area contributed by atoms with Crippen LogP contribution in [0.4, 0.5) is 0 Å². The van der Waals surface area contributed by atoms with Crippen molar-refractivity contribution in [3.8, 4) is 0 Å². The molecule has 144 valence electrons. The van der Waals surface area contributed by atoms with E-state index in [2.05, 4.69) is 13.8 Å². The van der Waals surface area contributed by atoms with Crippen molar-refractivity contribution in [2.24, 2.45) is 11.8 Å². The summed E-state index contributed by atoms with van der Waals surface area (Å²) in [7, 11) is -4.14. The van der Waals surface area contributed by atoms with E-state index >= 15 is 0 Å². The zero-order valence-electron chi connectivity index (χ0n) is 15.3. The number of benzene rings is 2. The van der Waals surface area contributed by atoms with Crippen LogP contribution in [-0.2, 0) is 32.5 Å². The molecule has 0 aliphatic carbocycles. The van der Waals surface area contributed by atoms with Gasteiger partial charge in [0.25, 0.3) is 10.0 Å². The zero-order chi connectivity index (χ0) is 20.0. The first-order chi connectivity index (χ1) is 12.7. The fourth-order valence-electron chi connectivity index (χ4n) is 2.68. The van der Waals surface area contributed by atoms with Gasteiger partial charge in [-0.15, -0.1) is 0 Å². The molecule has 27 heavy (non-hydrogen) atoms. The van der Waals surface area contributed by atoms with E-state index in [9.17, 15) is 23.1 Å². The Morgan fingerprint density at radius 2 is 1.48 bits per heavy atom. The second kappa shape index (κ2) is 8.81. The maximum absolute atomic E-state index is 12.4. The van der Waals surface area contributed by atoms with Crippen molar-refractivity contribution < 1.29 is 23.1 Å². The fraction of sp³-hybridized carbons (Fsp3) is 0.300. The number of aliphatic carboxylic acids is 1. The predicted molar refractivity (Wildman–Crippen MR) is 102 cm³/mol. The predicted octanol–water partition coefficient (Wildman–Crippen LogP) is 2.63. The molecule has 2 aromatic carbocycles. The Hall–Kier alpha value is -2.67. The molecule has 0 saturated carbocycles. The van der Waals surface area contributed by atoms with Gasteiger partial charge in [0.15, 0.2) is 0 Å². The number of amides is 1. The summed E-state index contributed by atoms with van der Waals surface area (Å²) in [6.07, 6.45) is 0.718. The lowest BCUT2D eigenvalue weighted by atomic mass is 9.99. The van der Waals surface area contributed by atoms with Crippen LogP contribution in [0.25, 0.3) is 0 Å². The molecule has 1 amide bonds. The number of carboxylic acid groups (broad SMARTS) is 1. The summed E-state index contributed by atoms with van der Waals surface area (Å²) in [5.41, 5.74) is 1.62.